The smallest absolute Gasteiger partial charge is 0.0393 e. The Morgan fingerprint density at radius 1 is 0.895 bits per heavy atom. The maximum atomic E-state index is 6.04. The Balaban J connectivity index is 0.000000902. The molecule has 2 aromatic rings. The van der Waals surface area contributed by atoms with E-state index >= 15 is 0 Å². The van der Waals surface area contributed by atoms with E-state index in [4.69, 9.17) is 5.73 Å². The minimum absolute atomic E-state index is 0. The van der Waals surface area contributed by atoms with Gasteiger partial charge in [0.05, 0.1) is 0 Å². The molecular formula is C15H20Cl2N2. The molecular weight excluding hydrogens is 279 g/mol. The first-order valence-electron chi connectivity index (χ1n) is 6.34. The molecule has 0 radical (unpaired) electrons. The summed E-state index contributed by atoms with van der Waals surface area (Å²) in [7, 11) is 0. The molecule has 0 unspecified atom stereocenters. The molecule has 0 aromatic heterocycles. The van der Waals surface area contributed by atoms with Crippen molar-refractivity contribution >= 4 is 41.3 Å². The topological polar surface area (TPSA) is 38.0 Å². The number of anilines is 1. The van der Waals surface area contributed by atoms with Crippen molar-refractivity contribution < 1.29 is 0 Å². The monoisotopic (exact) mass is 298 g/mol. The third-order valence-electron chi connectivity index (χ3n) is 3.77. The third kappa shape index (κ3) is 3.14. The highest BCUT2D eigenvalue weighted by atomic mass is 35.5. The summed E-state index contributed by atoms with van der Waals surface area (Å²) in [4.78, 5) is 0. The van der Waals surface area contributed by atoms with Crippen molar-refractivity contribution in [3.8, 4) is 0 Å². The maximum absolute atomic E-state index is 6.04. The predicted molar refractivity (Wildman–Crippen MR) is 87.7 cm³/mol. The van der Waals surface area contributed by atoms with Crippen molar-refractivity contribution in [2.24, 2.45) is 0 Å². The number of halogens is 2. The number of fused-ring (bicyclic) bond motifs is 1. The molecule has 1 fully saturated rings. The van der Waals surface area contributed by atoms with Crippen LogP contribution in [0.1, 0.15) is 24.3 Å². The fourth-order valence-electron chi connectivity index (χ4n) is 2.83. The number of rotatable bonds is 1. The van der Waals surface area contributed by atoms with Gasteiger partial charge in [-0.15, -0.1) is 24.8 Å². The molecule has 1 heterocycles. The predicted octanol–water partition coefficient (Wildman–Crippen LogP) is 3.73. The summed E-state index contributed by atoms with van der Waals surface area (Å²) in [5.41, 5.74) is 8.40. The summed E-state index contributed by atoms with van der Waals surface area (Å²) in [5.74, 6) is 0.682. The zero-order valence-corrected chi connectivity index (χ0v) is 12.4. The molecule has 1 saturated heterocycles. The Morgan fingerprint density at radius 3 is 2.21 bits per heavy atom. The quantitative estimate of drug-likeness (QED) is 0.787. The van der Waals surface area contributed by atoms with Gasteiger partial charge < -0.3 is 11.1 Å². The van der Waals surface area contributed by atoms with Gasteiger partial charge in [0.15, 0.2) is 0 Å². The zero-order chi connectivity index (χ0) is 11.7. The first kappa shape index (κ1) is 16.1. The van der Waals surface area contributed by atoms with E-state index in [0.29, 0.717) is 5.92 Å². The number of nitrogens with two attached hydrogens (primary N) is 1. The molecule has 2 aromatic carbocycles. The highest BCUT2D eigenvalue weighted by Gasteiger charge is 2.17. The molecule has 0 bridgehead atoms. The lowest BCUT2D eigenvalue weighted by Gasteiger charge is -2.24. The lowest BCUT2D eigenvalue weighted by molar-refractivity contribution is 0.462. The van der Waals surface area contributed by atoms with Crippen molar-refractivity contribution in [1.29, 1.82) is 0 Å². The standard InChI is InChI=1S/C15H18N2.2ClH/c16-15-6-5-12(11-7-9-17-10-8-11)13-3-1-2-4-14(13)15;;/h1-6,11,17H,7-10,16H2;2*1H. The average Bonchev–Trinajstić information content (AvgIpc) is 2.41. The molecule has 1 aliphatic heterocycles. The first-order chi connectivity index (χ1) is 8.36. The second-order valence-electron chi connectivity index (χ2n) is 4.81. The molecule has 1 aliphatic rings. The van der Waals surface area contributed by atoms with E-state index in [1.807, 2.05) is 0 Å². The Morgan fingerprint density at radius 2 is 1.53 bits per heavy atom. The van der Waals surface area contributed by atoms with Gasteiger partial charge in [-0.3, -0.25) is 0 Å². The van der Waals surface area contributed by atoms with E-state index in [1.165, 1.54) is 29.2 Å². The van der Waals surface area contributed by atoms with E-state index < -0.39 is 0 Å². The fraction of sp³-hybridized carbons (Fsp3) is 0.333. The van der Waals surface area contributed by atoms with Crippen molar-refractivity contribution in [2.45, 2.75) is 18.8 Å². The van der Waals surface area contributed by atoms with Crippen molar-refractivity contribution in [3.05, 3.63) is 42.0 Å². The van der Waals surface area contributed by atoms with Crippen LogP contribution < -0.4 is 11.1 Å². The maximum Gasteiger partial charge on any atom is 0.0393 e. The lowest BCUT2D eigenvalue weighted by atomic mass is 9.86. The van der Waals surface area contributed by atoms with Gasteiger partial charge in [-0.1, -0.05) is 30.3 Å². The highest BCUT2D eigenvalue weighted by molar-refractivity contribution is 5.95. The third-order valence-corrected chi connectivity index (χ3v) is 3.77. The summed E-state index contributed by atoms with van der Waals surface area (Å²) in [5, 5.41) is 5.95. The van der Waals surface area contributed by atoms with Gasteiger partial charge in [0.1, 0.15) is 0 Å². The van der Waals surface area contributed by atoms with Crippen molar-refractivity contribution in [3.63, 3.8) is 0 Å². The van der Waals surface area contributed by atoms with Crippen LogP contribution in [0.15, 0.2) is 36.4 Å². The Bertz CT molecular complexity index is 537. The van der Waals surface area contributed by atoms with E-state index in [2.05, 4.69) is 41.7 Å². The molecule has 0 amide bonds. The molecule has 4 heteroatoms. The van der Waals surface area contributed by atoms with Crippen LogP contribution in [0, 0.1) is 0 Å². The number of hydrogen-bond acceptors (Lipinski definition) is 2. The largest absolute Gasteiger partial charge is 0.398 e. The molecule has 0 aliphatic carbocycles. The van der Waals surface area contributed by atoms with Crippen LogP contribution in [0.5, 0.6) is 0 Å². The Labute approximate surface area is 126 Å². The Kier molecular flexibility index (Phi) is 5.92. The van der Waals surface area contributed by atoms with Gasteiger partial charge in [0.2, 0.25) is 0 Å². The van der Waals surface area contributed by atoms with Crippen molar-refractivity contribution in [1.82, 2.24) is 5.32 Å². The van der Waals surface area contributed by atoms with Gasteiger partial charge in [-0.25, -0.2) is 0 Å². The molecule has 0 saturated carbocycles. The van der Waals surface area contributed by atoms with Gasteiger partial charge in [0.25, 0.3) is 0 Å². The van der Waals surface area contributed by atoms with Gasteiger partial charge in [-0.05, 0) is 48.9 Å². The van der Waals surface area contributed by atoms with Gasteiger partial charge in [-0.2, -0.15) is 0 Å². The number of hydrogen-bond donors (Lipinski definition) is 2. The highest BCUT2D eigenvalue weighted by Crippen LogP contribution is 2.33. The van der Waals surface area contributed by atoms with Crippen LogP contribution in [0.4, 0.5) is 5.69 Å². The lowest BCUT2D eigenvalue weighted by Crippen LogP contribution is -2.26. The number of nitrogens with one attached hydrogen (secondary N) is 1. The fourth-order valence-corrected chi connectivity index (χ4v) is 2.83. The molecule has 2 nitrogen and oxygen atoms in total. The normalized spacial score (nSPS) is 15.6. The number of piperidine rings is 1. The van der Waals surface area contributed by atoms with Crippen LogP contribution >= 0.6 is 24.8 Å². The van der Waals surface area contributed by atoms with E-state index in [0.717, 1.165) is 18.8 Å². The number of nitrogen functional groups attached to an aromatic ring is 1. The summed E-state index contributed by atoms with van der Waals surface area (Å²) < 4.78 is 0. The van der Waals surface area contributed by atoms with E-state index in [-0.39, 0.29) is 24.8 Å². The van der Waals surface area contributed by atoms with Crippen LogP contribution in [-0.4, -0.2) is 13.1 Å². The minimum atomic E-state index is 0. The molecule has 19 heavy (non-hydrogen) atoms. The van der Waals surface area contributed by atoms with E-state index in [1.54, 1.807) is 0 Å². The molecule has 3 rings (SSSR count). The van der Waals surface area contributed by atoms with Crippen molar-refractivity contribution in [2.75, 3.05) is 18.8 Å². The molecule has 0 atom stereocenters. The van der Waals surface area contributed by atoms with Crippen LogP contribution in [0.25, 0.3) is 10.8 Å². The molecule has 104 valence electrons. The number of benzene rings is 2. The first-order valence-corrected chi connectivity index (χ1v) is 6.34. The van der Waals surface area contributed by atoms with Crippen LogP contribution in [0.3, 0.4) is 0 Å². The second kappa shape index (κ2) is 6.99. The second-order valence-corrected chi connectivity index (χ2v) is 4.81. The van der Waals surface area contributed by atoms with E-state index in [9.17, 15) is 0 Å². The summed E-state index contributed by atoms with van der Waals surface area (Å²) in [6.45, 7) is 2.26. The van der Waals surface area contributed by atoms with Crippen LogP contribution in [-0.2, 0) is 0 Å². The average molecular weight is 299 g/mol. The Hall–Kier alpha value is -0.960. The molecule has 0 spiro atoms. The summed E-state index contributed by atoms with van der Waals surface area (Å²) >= 11 is 0. The molecule has 3 N–H and O–H groups in total. The zero-order valence-electron chi connectivity index (χ0n) is 10.8. The van der Waals surface area contributed by atoms with Gasteiger partial charge >= 0.3 is 0 Å². The summed E-state index contributed by atoms with van der Waals surface area (Å²) in [6.07, 6.45) is 2.46. The summed E-state index contributed by atoms with van der Waals surface area (Å²) in [6, 6.07) is 12.8. The van der Waals surface area contributed by atoms with Gasteiger partial charge in [0, 0.05) is 11.1 Å². The SMILES string of the molecule is Cl.Cl.Nc1ccc(C2CCNCC2)c2ccccc12. The minimum Gasteiger partial charge on any atom is -0.398 e. The van der Waals surface area contributed by atoms with Crippen LogP contribution in [0.2, 0.25) is 0 Å².